The summed E-state index contributed by atoms with van der Waals surface area (Å²) >= 11 is 0. The molecule has 18 heavy (non-hydrogen) atoms. The van der Waals surface area contributed by atoms with Gasteiger partial charge in [-0.1, -0.05) is 13.3 Å². The van der Waals surface area contributed by atoms with Crippen LogP contribution in [0.15, 0.2) is 0 Å². The van der Waals surface area contributed by atoms with E-state index in [2.05, 4.69) is 16.7 Å². The van der Waals surface area contributed by atoms with E-state index in [1.807, 2.05) is 0 Å². The molecule has 0 amide bonds. The molecule has 0 spiro atoms. The van der Waals surface area contributed by atoms with E-state index in [1.165, 1.54) is 64.7 Å². The zero-order valence-electron chi connectivity index (χ0n) is 11.9. The average Bonchev–Trinajstić information content (AvgIpc) is 2.41. The lowest BCUT2D eigenvalue weighted by atomic mass is 9.82. The lowest BCUT2D eigenvalue weighted by Gasteiger charge is -2.49. The molecule has 3 nitrogen and oxygen atoms in total. The number of fused-ring (bicyclic) bond motifs is 1. The summed E-state index contributed by atoms with van der Waals surface area (Å²) in [5.74, 6) is 0.874. The van der Waals surface area contributed by atoms with E-state index in [1.54, 1.807) is 0 Å². The van der Waals surface area contributed by atoms with Crippen LogP contribution in [-0.4, -0.2) is 54.1 Å². The molecule has 0 radical (unpaired) electrons. The van der Waals surface area contributed by atoms with Crippen LogP contribution in [0.5, 0.6) is 0 Å². The highest BCUT2D eigenvalue weighted by atomic mass is 15.3. The molecule has 2 aliphatic heterocycles. The van der Waals surface area contributed by atoms with Crippen LogP contribution in [0, 0.1) is 5.92 Å². The Morgan fingerprint density at radius 3 is 2.67 bits per heavy atom. The predicted molar refractivity (Wildman–Crippen MR) is 75.6 cm³/mol. The zero-order chi connectivity index (χ0) is 12.5. The van der Waals surface area contributed by atoms with Crippen LogP contribution < -0.4 is 5.73 Å². The molecule has 1 saturated carbocycles. The lowest BCUT2D eigenvalue weighted by Crippen LogP contribution is -2.61. The van der Waals surface area contributed by atoms with E-state index >= 15 is 0 Å². The third-order valence-corrected chi connectivity index (χ3v) is 5.47. The van der Waals surface area contributed by atoms with Gasteiger partial charge in [0.1, 0.15) is 0 Å². The van der Waals surface area contributed by atoms with Crippen LogP contribution in [-0.2, 0) is 0 Å². The number of rotatable bonds is 1. The van der Waals surface area contributed by atoms with Crippen molar-refractivity contribution in [3.05, 3.63) is 0 Å². The van der Waals surface area contributed by atoms with Crippen LogP contribution in [0.1, 0.15) is 45.4 Å². The Kier molecular flexibility index (Phi) is 3.92. The minimum absolute atomic E-state index is 0.427. The summed E-state index contributed by atoms with van der Waals surface area (Å²) in [7, 11) is 0. The topological polar surface area (TPSA) is 32.5 Å². The SMILES string of the molecule is CC1CCC(N)C(N2CCN3CCCCC3C2)C1. The summed E-state index contributed by atoms with van der Waals surface area (Å²) < 4.78 is 0. The van der Waals surface area contributed by atoms with E-state index in [0.717, 1.165) is 12.0 Å². The summed E-state index contributed by atoms with van der Waals surface area (Å²) in [6, 6.07) is 1.92. The van der Waals surface area contributed by atoms with Gasteiger partial charge in [0.2, 0.25) is 0 Å². The molecule has 2 saturated heterocycles. The largest absolute Gasteiger partial charge is 0.326 e. The van der Waals surface area contributed by atoms with Gasteiger partial charge in [-0.3, -0.25) is 9.80 Å². The first-order valence-electron chi connectivity index (χ1n) is 7.97. The summed E-state index contributed by atoms with van der Waals surface area (Å²) in [4.78, 5) is 5.45. The van der Waals surface area contributed by atoms with Crippen LogP contribution in [0.4, 0.5) is 0 Å². The molecule has 3 fully saturated rings. The number of nitrogens with zero attached hydrogens (tertiary/aromatic N) is 2. The van der Waals surface area contributed by atoms with Gasteiger partial charge in [-0.25, -0.2) is 0 Å². The van der Waals surface area contributed by atoms with Crippen molar-refractivity contribution < 1.29 is 0 Å². The van der Waals surface area contributed by atoms with Crippen molar-refractivity contribution in [3.63, 3.8) is 0 Å². The Bertz CT molecular complexity index is 281. The standard InChI is InChI=1S/C15H29N3/c1-12-5-6-14(16)15(10-12)18-9-8-17-7-3-2-4-13(17)11-18/h12-15H,2-11,16H2,1H3. The monoisotopic (exact) mass is 251 g/mol. The van der Waals surface area contributed by atoms with Gasteiger partial charge in [-0.15, -0.1) is 0 Å². The Morgan fingerprint density at radius 2 is 1.78 bits per heavy atom. The molecular weight excluding hydrogens is 222 g/mol. The highest BCUT2D eigenvalue weighted by Gasteiger charge is 2.36. The summed E-state index contributed by atoms with van der Waals surface area (Å²) in [5.41, 5.74) is 6.38. The highest BCUT2D eigenvalue weighted by molar-refractivity contribution is 4.93. The van der Waals surface area contributed by atoms with E-state index < -0.39 is 0 Å². The first-order chi connectivity index (χ1) is 8.74. The Morgan fingerprint density at radius 1 is 0.944 bits per heavy atom. The molecule has 1 aliphatic carbocycles. The van der Waals surface area contributed by atoms with E-state index in [9.17, 15) is 0 Å². The van der Waals surface area contributed by atoms with Crippen molar-refractivity contribution in [2.75, 3.05) is 26.2 Å². The number of piperazine rings is 1. The van der Waals surface area contributed by atoms with Crippen molar-refractivity contribution in [2.24, 2.45) is 11.7 Å². The van der Waals surface area contributed by atoms with Crippen molar-refractivity contribution in [1.29, 1.82) is 0 Å². The molecule has 0 aromatic heterocycles. The molecule has 0 bridgehead atoms. The van der Waals surface area contributed by atoms with Crippen molar-refractivity contribution in [2.45, 2.75) is 63.6 Å². The number of hydrogen-bond acceptors (Lipinski definition) is 3. The van der Waals surface area contributed by atoms with E-state index in [-0.39, 0.29) is 0 Å². The fourth-order valence-electron chi connectivity index (χ4n) is 4.28. The smallest absolute Gasteiger partial charge is 0.0250 e. The molecule has 2 N–H and O–H groups in total. The van der Waals surface area contributed by atoms with Crippen molar-refractivity contribution in [3.8, 4) is 0 Å². The van der Waals surface area contributed by atoms with Gasteiger partial charge in [0.25, 0.3) is 0 Å². The first kappa shape index (κ1) is 12.9. The van der Waals surface area contributed by atoms with Crippen LogP contribution in [0.2, 0.25) is 0 Å². The molecule has 3 rings (SSSR count). The third kappa shape index (κ3) is 2.59. The second-order valence-electron chi connectivity index (χ2n) is 6.83. The van der Waals surface area contributed by atoms with E-state index in [0.29, 0.717) is 12.1 Å². The van der Waals surface area contributed by atoms with Gasteiger partial charge in [0, 0.05) is 37.8 Å². The quantitative estimate of drug-likeness (QED) is 0.769. The zero-order valence-corrected chi connectivity index (χ0v) is 11.9. The molecule has 2 heterocycles. The van der Waals surface area contributed by atoms with Gasteiger partial charge in [-0.05, 0) is 44.6 Å². The van der Waals surface area contributed by atoms with Crippen molar-refractivity contribution in [1.82, 2.24) is 9.80 Å². The molecular formula is C15H29N3. The van der Waals surface area contributed by atoms with Crippen LogP contribution in [0.25, 0.3) is 0 Å². The first-order valence-corrected chi connectivity index (χ1v) is 7.97. The fraction of sp³-hybridized carbons (Fsp3) is 1.00. The molecule has 3 aliphatic rings. The average molecular weight is 251 g/mol. The van der Waals surface area contributed by atoms with Crippen LogP contribution >= 0.6 is 0 Å². The van der Waals surface area contributed by atoms with Crippen LogP contribution in [0.3, 0.4) is 0 Å². The highest BCUT2D eigenvalue weighted by Crippen LogP contribution is 2.30. The Labute approximate surface area is 112 Å². The maximum atomic E-state index is 6.38. The van der Waals surface area contributed by atoms with Gasteiger partial charge in [0.15, 0.2) is 0 Å². The molecule has 0 aromatic rings. The number of nitrogens with two attached hydrogens (primary N) is 1. The van der Waals surface area contributed by atoms with Gasteiger partial charge < -0.3 is 5.73 Å². The molecule has 4 atom stereocenters. The molecule has 4 unspecified atom stereocenters. The minimum Gasteiger partial charge on any atom is -0.326 e. The molecule has 0 aromatic carbocycles. The minimum atomic E-state index is 0.427. The number of piperidine rings is 1. The normalized spacial score (nSPS) is 43.7. The summed E-state index contributed by atoms with van der Waals surface area (Å²) in [6.45, 7) is 7.55. The maximum absolute atomic E-state index is 6.38. The molecule has 3 heteroatoms. The van der Waals surface area contributed by atoms with E-state index in [4.69, 9.17) is 5.73 Å². The Hall–Kier alpha value is -0.120. The fourth-order valence-corrected chi connectivity index (χ4v) is 4.28. The second kappa shape index (κ2) is 5.48. The third-order valence-electron chi connectivity index (χ3n) is 5.47. The lowest BCUT2D eigenvalue weighted by molar-refractivity contribution is 0.00758. The number of hydrogen-bond donors (Lipinski definition) is 1. The molecule has 104 valence electrons. The predicted octanol–water partition coefficient (Wildman–Crippen LogP) is 1.67. The van der Waals surface area contributed by atoms with Gasteiger partial charge in [0.05, 0.1) is 0 Å². The maximum Gasteiger partial charge on any atom is 0.0250 e. The second-order valence-corrected chi connectivity index (χ2v) is 6.83. The van der Waals surface area contributed by atoms with Gasteiger partial charge in [-0.2, -0.15) is 0 Å². The summed E-state index contributed by atoms with van der Waals surface area (Å²) in [6.07, 6.45) is 8.15. The van der Waals surface area contributed by atoms with Gasteiger partial charge >= 0.3 is 0 Å². The Balaban J connectivity index is 1.62. The van der Waals surface area contributed by atoms with Crippen molar-refractivity contribution >= 4 is 0 Å². The summed E-state index contributed by atoms with van der Waals surface area (Å²) in [5, 5.41) is 0.